The van der Waals surface area contributed by atoms with Crippen LogP contribution in [0.2, 0.25) is 16.6 Å². The minimum atomic E-state index is -2.15. The van der Waals surface area contributed by atoms with Crippen LogP contribution in [0.4, 0.5) is 0 Å². The Balaban J connectivity index is 3.17. The van der Waals surface area contributed by atoms with E-state index < -0.39 is 8.32 Å². The molecule has 0 aliphatic rings. The van der Waals surface area contributed by atoms with Crippen LogP contribution >= 0.6 is 0 Å². The summed E-state index contributed by atoms with van der Waals surface area (Å²) < 4.78 is 34.3. The van der Waals surface area contributed by atoms with E-state index in [-0.39, 0.29) is 24.8 Å². The van der Waals surface area contributed by atoms with Crippen molar-refractivity contribution in [3.63, 3.8) is 0 Å². The molecule has 1 rings (SSSR count). The van der Waals surface area contributed by atoms with Crippen LogP contribution in [-0.2, 0) is 34.8 Å². The van der Waals surface area contributed by atoms with Crippen LogP contribution in [0.25, 0.3) is 0 Å². The van der Waals surface area contributed by atoms with Crippen LogP contribution in [0, 0.1) is 5.92 Å². The third-order valence-corrected chi connectivity index (χ3v) is 14.1. The van der Waals surface area contributed by atoms with Gasteiger partial charge in [-0.15, -0.1) is 0 Å². The zero-order chi connectivity index (χ0) is 31.0. The van der Waals surface area contributed by atoms with Gasteiger partial charge in [0.2, 0.25) is 8.32 Å². The summed E-state index contributed by atoms with van der Waals surface area (Å²) in [6.07, 6.45) is 5.06. The second-order valence-electron chi connectivity index (χ2n) is 11.7. The molecular formula is C33H56O7Si. The van der Waals surface area contributed by atoms with E-state index in [4.69, 9.17) is 28.1 Å². The average Bonchev–Trinajstić information content (AvgIpc) is 2.94. The summed E-state index contributed by atoms with van der Waals surface area (Å²) in [6.45, 7) is 19.7. The van der Waals surface area contributed by atoms with Gasteiger partial charge in [0.25, 0.3) is 0 Å². The first-order valence-corrected chi connectivity index (χ1v) is 17.0. The van der Waals surface area contributed by atoms with Crippen molar-refractivity contribution in [2.45, 2.75) is 97.6 Å². The predicted molar refractivity (Wildman–Crippen MR) is 169 cm³/mol. The molecule has 0 radical (unpaired) electrons. The Morgan fingerprint density at radius 2 is 1.46 bits per heavy atom. The van der Waals surface area contributed by atoms with Crippen LogP contribution in [0.1, 0.15) is 73.8 Å². The molecule has 2 atom stereocenters. The molecule has 0 saturated carbocycles. The highest BCUT2D eigenvalue weighted by Gasteiger charge is 2.47. The number of benzene rings is 1. The fraction of sp³-hybridized carbons (Fsp3) is 0.667. The summed E-state index contributed by atoms with van der Waals surface area (Å²) in [6, 6.07) is 7.90. The van der Waals surface area contributed by atoms with Gasteiger partial charge in [-0.05, 0) is 65.6 Å². The van der Waals surface area contributed by atoms with Gasteiger partial charge in [0.15, 0.2) is 0 Å². The Morgan fingerprint density at radius 1 is 0.878 bits per heavy atom. The van der Waals surface area contributed by atoms with E-state index in [1.165, 1.54) is 18.8 Å². The van der Waals surface area contributed by atoms with Gasteiger partial charge in [-0.1, -0.05) is 72.2 Å². The molecule has 0 heterocycles. The van der Waals surface area contributed by atoms with Crippen molar-refractivity contribution < 1.29 is 32.9 Å². The van der Waals surface area contributed by atoms with Crippen molar-refractivity contribution in [1.82, 2.24) is 0 Å². The fourth-order valence-corrected chi connectivity index (χ4v) is 11.3. The zero-order valence-electron chi connectivity index (χ0n) is 27.5. The molecule has 41 heavy (non-hydrogen) atoms. The second kappa shape index (κ2) is 19.3. The second-order valence-corrected chi connectivity index (χ2v) is 17.1. The number of carbonyl (C=O) groups is 1. The largest absolute Gasteiger partial charge is 0.497 e. The molecule has 7 nitrogen and oxygen atoms in total. The Labute approximate surface area is 250 Å². The minimum absolute atomic E-state index is 0.0360. The van der Waals surface area contributed by atoms with Crippen molar-refractivity contribution in [3.8, 4) is 5.75 Å². The quantitative estimate of drug-likeness (QED) is 0.0381. The van der Waals surface area contributed by atoms with E-state index in [2.05, 4.69) is 55.4 Å². The van der Waals surface area contributed by atoms with E-state index in [1.54, 1.807) is 14.2 Å². The lowest BCUT2D eigenvalue weighted by Gasteiger charge is -2.45. The van der Waals surface area contributed by atoms with E-state index in [9.17, 15) is 4.79 Å². The van der Waals surface area contributed by atoms with Crippen molar-refractivity contribution in [1.29, 1.82) is 0 Å². The van der Waals surface area contributed by atoms with Gasteiger partial charge >= 0.3 is 5.97 Å². The van der Waals surface area contributed by atoms with Crippen LogP contribution in [0.15, 0.2) is 47.6 Å². The molecule has 0 saturated heterocycles. The van der Waals surface area contributed by atoms with Gasteiger partial charge in [-0.25, -0.2) is 4.79 Å². The van der Waals surface area contributed by atoms with E-state index in [1.807, 2.05) is 30.3 Å². The van der Waals surface area contributed by atoms with Gasteiger partial charge in [0.05, 0.1) is 40.1 Å². The molecule has 234 valence electrons. The molecule has 1 aromatic rings. The maximum atomic E-state index is 11.9. The molecule has 0 aromatic heterocycles. The predicted octanol–water partition coefficient (Wildman–Crippen LogP) is 7.86. The number of esters is 1. The number of ether oxygens (including phenoxy) is 5. The normalized spacial score (nSPS) is 14.6. The molecule has 8 heteroatoms. The Kier molecular flexibility index (Phi) is 17.4. The number of hydrogen-bond acceptors (Lipinski definition) is 7. The highest BCUT2D eigenvalue weighted by molar-refractivity contribution is 6.77. The topological polar surface area (TPSA) is 72.5 Å². The van der Waals surface area contributed by atoms with Crippen LogP contribution in [0.5, 0.6) is 5.75 Å². The lowest BCUT2D eigenvalue weighted by molar-refractivity contribution is -0.134. The summed E-state index contributed by atoms with van der Waals surface area (Å²) in [5, 5.41) is 0. The van der Waals surface area contributed by atoms with Crippen LogP contribution in [0.3, 0.4) is 0 Å². The molecule has 0 fully saturated rings. The molecule has 1 aromatic carbocycles. The molecule has 0 amide bonds. The molecule has 0 aliphatic carbocycles. The van der Waals surface area contributed by atoms with Gasteiger partial charge in [0.1, 0.15) is 12.5 Å². The highest BCUT2D eigenvalue weighted by atomic mass is 28.4. The SMILES string of the molecule is COCOC/C(COCc1ccc(OC)cc1)=C(/C)CC[C@H](O[Si](C(C)C)(C(C)C)C(C)C)[C@@H](C)/C=C\C(=O)OC. The fourth-order valence-electron chi connectivity index (χ4n) is 5.61. The molecule has 0 aliphatic heterocycles. The van der Waals surface area contributed by atoms with Crippen LogP contribution in [-0.4, -0.2) is 61.7 Å². The van der Waals surface area contributed by atoms with Crippen molar-refractivity contribution in [2.75, 3.05) is 41.3 Å². The summed E-state index contributed by atoms with van der Waals surface area (Å²) in [5.41, 5.74) is 4.79. The van der Waals surface area contributed by atoms with E-state index in [0.29, 0.717) is 36.4 Å². The molecular weight excluding hydrogens is 536 g/mol. The minimum Gasteiger partial charge on any atom is -0.497 e. The van der Waals surface area contributed by atoms with E-state index >= 15 is 0 Å². The third kappa shape index (κ3) is 12.0. The van der Waals surface area contributed by atoms with Crippen molar-refractivity contribution >= 4 is 14.3 Å². The monoisotopic (exact) mass is 592 g/mol. The average molecular weight is 593 g/mol. The Bertz CT molecular complexity index is 916. The number of allylic oxidation sites excluding steroid dienone is 1. The zero-order valence-corrected chi connectivity index (χ0v) is 28.5. The highest BCUT2D eigenvalue weighted by Crippen LogP contribution is 2.44. The first-order valence-electron chi connectivity index (χ1n) is 14.8. The lowest BCUT2D eigenvalue weighted by atomic mass is 9.96. The molecule has 0 spiro atoms. The lowest BCUT2D eigenvalue weighted by Crippen LogP contribution is -2.51. The molecule has 0 bridgehead atoms. The Hall–Kier alpha value is -1.97. The number of methoxy groups -OCH3 is 3. The summed E-state index contributed by atoms with van der Waals surface area (Å²) in [5.74, 6) is 0.521. The van der Waals surface area contributed by atoms with Gasteiger partial charge in [0, 0.05) is 13.2 Å². The standard InChI is InChI=1S/C33H56O7Si/c1-24(2)41(25(3)4,26(5)6)40-32(28(8)13-19-33(34)37-11)18-12-27(7)30(22-39-23-35-9)21-38-20-29-14-16-31(36-10)17-15-29/h13-17,19,24-26,28,32H,12,18,20-23H2,1-11H3/b19-13-,30-27-/t28-,32-/m0/s1. The van der Waals surface area contributed by atoms with E-state index in [0.717, 1.165) is 29.7 Å². The third-order valence-electron chi connectivity index (χ3n) is 7.98. The van der Waals surface area contributed by atoms with Crippen molar-refractivity contribution in [3.05, 3.63) is 53.1 Å². The van der Waals surface area contributed by atoms with Crippen molar-refractivity contribution in [2.24, 2.45) is 5.92 Å². The van der Waals surface area contributed by atoms with Crippen LogP contribution < -0.4 is 4.74 Å². The van der Waals surface area contributed by atoms with Gasteiger partial charge in [-0.3, -0.25) is 0 Å². The smallest absolute Gasteiger partial charge is 0.330 e. The number of rotatable bonds is 20. The first-order chi connectivity index (χ1) is 19.4. The summed E-state index contributed by atoms with van der Waals surface area (Å²) >= 11 is 0. The molecule has 0 N–H and O–H groups in total. The van der Waals surface area contributed by atoms with Gasteiger partial charge < -0.3 is 28.1 Å². The Morgan fingerprint density at radius 3 is 1.98 bits per heavy atom. The van der Waals surface area contributed by atoms with Gasteiger partial charge in [-0.2, -0.15) is 0 Å². The summed E-state index contributed by atoms with van der Waals surface area (Å²) in [4.78, 5) is 11.9. The molecule has 0 unspecified atom stereocenters. The maximum absolute atomic E-state index is 11.9. The number of hydrogen-bond donors (Lipinski definition) is 0. The summed E-state index contributed by atoms with van der Waals surface area (Å²) in [7, 11) is 2.53. The first kappa shape index (κ1) is 37.1. The maximum Gasteiger partial charge on any atom is 0.330 e. The number of carbonyl (C=O) groups excluding carboxylic acids is 1.